The van der Waals surface area contributed by atoms with Crippen LogP contribution in [0.3, 0.4) is 0 Å². The Balaban J connectivity index is 1.62. The lowest BCUT2D eigenvalue weighted by Gasteiger charge is -2.25. The van der Waals surface area contributed by atoms with Crippen LogP contribution in [0.5, 0.6) is 0 Å². The van der Waals surface area contributed by atoms with Gasteiger partial charge in [-0.25, -0.2) is 14.6 Å². The number of aromatic nitrogens is 7. The molecule has 0 saturated heterocycles. The Bertz CT molecular complexity index is 744. The molecule has 0 amide bonds. The van der Waals surface area contributed by atoms with Crippen LogP contribution in [-0.2, 0) is 0 Å². The van der Waals surface area contributed by atoms with Crippen molar-refractivity contribution >= 4 is 0 Å². The second-order valence-electron chi connectivity index (χ2n) is 6.42. The summed E-state index contributed by atoms with van der Waals surface area (Å²) in [5.74, 6) is 1.51. The van der Waals surface area contributed by atoms with Crippen LogP contribution in [0.2, 0.25) is 0 Å². The van der Waals surface area contributed by atoms with E-state index >= 15 is 0 Å². The molecule has 4 rings (SSSR count). The lowest BCUT2D eigenvalue weighted by molar-refractivity contribution is 0.289. The minimum absolute atomic E-state index is 0.0264. The number of hydrogen-bond donors (Lipinski definition) is 1. The Hall–Kier alpha value is -2.57. The average Bonchev–Trinajstić information content (AvgIpc) is 3.33. The zero-order chi connectivity index (χ0) is 16.2. The fraction of sp³-hybridized carbons (Fsp3) is 0.471. The first-order chi connectivity index (χ1) is 11.9. The van der Waals surface area contributed by atoms with Crippen LogP contribution in [0.25, 0.3) is 11.4 Å². The largest absolute Gasteiger partial charge is 0.276 e. The van der Waals surface area contributed by atoms with Gasteiger partial charge in [0.05, 0.1) is 11.9 Å². The van der Waals surface area contributed by atoms with Gasteiger partial charge in [0, 0.05) is 18.6 Å². The van der Waals surface area contributed by atoms with Gasteiger partial charge in [-0.1, -0.05) is 37.3 Å². The summed E-state index contributed by atoms with van der Waals surface area (Å²) in [6.45, 7) is 0. The molecule has 0 spiro atoms. The summed E-state index contributed by atoms with van der Waals surface area (Å²) in [5.41, 5.74) is 1.66. The van der Waals surface area contributed by atoms with Crippen LogP contribution < -0.4 is 0 Å². The Labute approximate surface area is 140 Å². The fourth-order valence-electron chi connectivity index (χ4n) is 3.50. The Morgan fingerprint density at radius 2 is 1.96 bits per heavy atom. The van der Waals surface area contributed by atoms with Crippen molar-refractivity contribution in [2.75, 3.05) is 0 Å². The molecule has 24 heavy (non-hydrogen) atoms. The predicted octanol–water partition coefficient (Wildman–Crippen LogP) is 3.02. The molecule has 1 unspecified atom stereocenters. The lowest BCUT2D eigenvalue weighted by Crippen LogP contribution is -2.20. The number of H-pyrrole nitrogens is 1. The lowest BCUT2D eigenvalue weighted by atomic mass is 9.84. The summed E-state index contributed by atoms with van der Waals surface area (Å²) in [6, 6.07) is 3.76. The molecule has 0 radical (unpaired) electrons. The Morgan fingerprint density at radius 1 is 1.12 bits per heavy atom. The summed E-state index contributed by atoms with van der Waals surface area (Å²) in [7, 11) is 0. The number of rotatable bonds is 5. The maximum absolute atomic E-state index is 4.47. The van der Waals surface area contributed by atoms with Gasteiger partial charge in [0.1, 0.15) is 11.7 Å². The van der Waals surface area contributed by atoms with E-state index in [0.29, 0.717) is 5.92 Å². The third-order valence-electron chi connectivity index (χ3n) is 4.77. The molecule has 1 atom stereocenters. The van der Waals surface area contributed by atoms with Crippen molar-refractivity contribution < 1.29 is 0 Å². The van der Waals surface area contributed by atoms with Crippen molar-refractivity contribution in [2.24, 2.45) is 5.92 Å². The van der Waals surface area contributed by atoms with Crippen LogP contribution in [0.1, 0.15) is 50.4 Å². The van der Waals surface area contributed by atoms with Crippen LogP contribution in [0, 0.1) is 5.92 Å². The van der Waals surface area contributed by atoms with E-state index in [1.165, 1.54) is 32.1 Å². The molecule has 7 heteroatoms. The quantitative estimate of drug-likeness (QED) is 0.780. The van der Waals surface area contributed by atoms with Crippen molar-refractivity contribution in [1.82, 2.24) is 35.2 Å². The molecular weight excluding hydrogens is 302 g/mol. The first-order valence-corrected chi connectivity index (χ1v) is 8.58. The highest BCUT2D eigenvalue weighted by Crippen LogP contribution is 2.32. The fourth-order valence-corrected chi connectivity index (χ4v) is 3.50. The summed E-state index contributed by atoms with van der Waals surface area (Å²) >= 11 is 0. The zero-order valence-electron chi connectivity index (χ0n) is 13.5. The average molecular weight is 323 g/mol. The van der Waals surface area contributed by atoms with Crippen LogP contribution in [0.15, 0.2) is 36.9 Å². The summed E-state index contributed by atoms with van der Waals surface area (Å²) in [5, 5.41) is 15.5. The van der Waals surface area contributed by atoms with Gasteiger partial charge in [0.2, 0.25) is 0 Å². The van der Waals surface area contributed by atoms with Crippen LogP contribution >= 0.6 is 0 Å². The molecule has 3 aromatic heterocycles. The minimum Gasteiger partial charge on any atom is -0.276 e. The number of nitrogens with one attached hydrogen (secondary N) is 1. The maximum atomic E-state index is 4.47. The zero-order valence-corrected chi connectivity index (χ0v) is 13.5. The topological polar surface area (TPSA) is 85.2 Å². The third-order valence-corrected chi connectivity index (χ3v) is 4.77. The van der Waals surface area contributed by atoms with Gasteiger partial charge < -0.3 is 0 Å². The molecule has 1 aliphatic carbocycles. The first kappa shape index (κ1) is 15.0. The second-order valence-corrected chi connectivity index (χ2v) is 6.42. The van der Waals surface area contributed by atoms with Crippen molar-refractivity contribution in [3.8, 4) is 11.4 Å². The Morgan fingerprint density at radius 3 is 2.71 bits per heavy atom. The van der Waals surface area contributed by atoms with E-state index in [2.05, 4.69) is 30.5 Å². The van der Waals surface area contributed by atoms with Gasteiger partial charge >= 0.3 is 0 Å². The van der Waals surface area contributed by atoms with E-state index in [-0.39, 0.29) is 6.04 Å². The van der Waals surface area contributed by atoms with Crippen molar-refractivity contribution in [1.29, 1.82) is 0 Å². The van der Waals surface area contributed by atoms with E-state index in [0.717, 1.165) is 23.6 Å². The van der Waals surface area contributed by atoms with Gasteiger partial charge in [-0.15, -0.1) is 5.10 Å². The molecule has 1 fully saturated rings. The summed E-state index contributed by atoms with van der Waals surface area (Å²) < 4.78 is 1.90. The van der Waals surface area contributed by atoms with E-state index < -0.39 is 0 Å². The molecule has 0 bridgehead atoms. The third kappa shape index (κ3) is 3.20. The highest BCUT2D eigenvalue weighted by atomic mass is 15.4. The molecule has 3 aromatic rings. The molecule has 1 aliphatic rings. The molecule has 0 aromatic carbocycles. The molecule has 1 saturated carbocycles. The monoisotopic (exact) mass is 323 g/mol. The van der Waals surface area contributed by atoms with E-state index in [1.54, 1.807) is 18.6 Å². The highest BCUT2D eigenvalue weighted by Gasteiger charge is 2.24. The van der Waals surface area contributed by atoms with Gasteiger partial charge in [-0.05, 0) is 24.5 Å². The predicted molar refractivity (Wildman–Crippen MR) is 89.0 cm³/mol. The van der Waals surface area contributed by atoms with Crippen molar-refractivity contribution in [2.45, 2.75) is 44.6 Å². The van der Waals surface area contributed by atoms with Crippen molar-refractivity contribution in [3.05, 3.63) is 42.7 Å². The molecule has 1 N–H and O–H groups in total. The van der Waals surface area contributed by atoms with Gasteiger partial charge in [-0.2, -0.15) is 5.10 Å². The normalized spacial score (nSPS) is 17.0. The molecule has 0 aliphatic heterocycles. The van der Waals surface area contributed by atoms with E-state index in [4.69, 9.17) is 0 Å². The van der Waals surface area contributed by atoms with Crippen LogP contribution in [-0.4, -0.2) is 35.2 Å². The summed E-state index contributed by atoms with van der Waals surface area (Å²) in [4.78, 5) is 8.95. The Kier molecular flexibility index (Phi) is 4.31. The number of hydrogen-bond acceptors (Lipinski definition) is 5. The summed E-state index contributed by atoms with van der Waals surface area (Å²) in [6.07, 6.45) is 14.8. The van der Waals surface area contributed by atoms with Crippen molar-refractivity contribution in [3.63, 3.8) is 0 Å². The molecule has 3 heterocycles. The van der Waals surface area contributed by atoms with Gasteiger partial charge in [0.25, 0.3) is 0 Å². The smallest absolute Gasteiger partial charge is 0.152 e. The number of nitrogens with zero attached hydrogens (tertiary/aromatic N) is 6. The van der Waals surface area contributed by atoms with E-state index in [1.807, 2.05) is 23.0 Å². The maximum Gasteiger partial charge on any atom is 0.152 e. The van der Waals surface area contributed by atoms with Gasteiger partial charge in [-0.3, -0.25) is 5.10 Å². The standard InChI is InChI=1S/C17H21N7/c1-2-5-13(6-3-1)11-16(17-18-8-4-9-19-17)24-12-15(22-23-24)14-7-10-20-21-14/h4,7-10,12-13,16H,1-3,5-6,11H2,(H,20,21). The molecule has 7 nitrogen and oxygen atoms in total. The minimum atomic E-state index is 0.0264. The molecule has 124 valence electrons. The molecular formula is C17H21N7. The first-order valence-electron chi connectivity index (χ1n) is 8.58. The SMILES string of the molecule is c1cnc(C(CC2CCCCC2)n2cc(-c3ccn[nH]3)nn2)nc1. The van der Waals surface area contributed by atoms with Crippen LogP contribution in [0.4, 0.5) is 0 Å². The van der Waals surface area contributed by atoms with E-state index in [9.17, 15) is 0 Å². The van der Waals surface area contributed by atoms with Gasteiger partial charge in [0.15, 0.2) is 5.82 Å². The second kappa shape index (κ2) is 6.90. The number of aromatic amines is 1. The highest BCUT2D eigenvalue weighted by molar-refractivity contribution is 5.50.